The minimum Gasteiger partial charge on any atom is -0.330 e. The van der Waals surface area contributed by atoms with Crippen LogP contribution in [0.3, 0.4) is 0 Å². The molecule has 14 heavy (non-hydrogen) atoms. The third-order valence-corrected chi connectivity index (χ3v) is 3.30. The Hall–Kier alpha value is -0.820. The maximum Gasteiger partial charge on any atom is 0.00217 e. The fourth-order valence-corrected chi connectivity index (χ4v) is 1.80. The molecular weight excluding hydrogens is 170 g/mol. The van der Waals surface area contributed by atoms with Crippen molar-refractivity contribution in [3.8, 4) is 0 Å². The lowest BCUT2D eigenvalue weighted by molar-refractivity contribution is 0.535. The molecule has 0 aromatic heterocycles. The highest BCUT2D eigenvalue weighted by Gasteiger charge is 2.21. The average molecular weight is 191 g/mol. The predicted octanol–water partition coefficient (Wildman–Crippen LogP) is 2.85. The van der Waals surface area contributed by atoms with Crippen molar-refractivity contribution in [2.45, 2.75) is 40.0 Å². The van der Waals surface area contributed by atoms with Gasteiger partial charge in [-0.15, -0.1) is 0 Å². The standard InChI is InChI=1S/C13H21N/c1-9-6-7-12(11(3)10(9)2)13(4,5)8-14/h6-7H,8,14H2,1-5H3. The number of rotatable bonds is 2. The van der Waals surface area contributed by atoms with E-state index < -0.39 is 0 Å². The first-order chi connectivity index (χ1) is 6.40. The van der Waals surface area contributed by atoms with Gasteiger partial charge in [0, 0.05) is 12.0 Å². The van der Waals surface area contributed by atoms with Crippen LogP contribution in [-0.4, -0.2) is 6.54 Å². The third kappa shape index (κ3) is 1.83. The summed E-state index contributed by atoms with van der Waals surface area (Å²) < 4.78 is 0. The highest BCUT2D eigenvalue weighted by molar-refractivity contribution is 5.42. The minimum absolute atomic E-state index is 0.0859. The van der Waals surface area contributed by atoms with Crippen molar-refractivity contribution >= 4 is 0 Å². The molecule has 1 rings (SSSR count). The Morgan fingerprint density at radius 2 is 1.64 bits per heavy atom. The second-order valence-electron chi connectivity index (χ2n) is 4.77. The van der Waals surface area contributed by atoms with Crippen LogP contribution in [0.1, 0.15) is 36.1 Å². The molecule has 0 radical (unpaired) electrons. The number of hydrogen-bond acceptors (Lipinski definition) is 1. The van der Waals surface area contributed by atoms with Gasteiger partial charge in [-0.2, -0.15) is 0 Å². The number of benzene rings is 1. The zero-order chi connectivity index (χ0) is 10.9. The molecule has 1 aromatic rings. The summed E-state index contributed by atoms with van der Waals surface area (Å²) in [6, 6.07) is 4.40. The summed E-state index contributed by atoms with van der Waals surface area (Å²) in [5.74, 6) is 0. The van der Waals surface area contributed by atoms with Crippen LogP contribution in [0.4, 0.5) is 0 Å². The van der Waals surface area contributed by atoms with Crippen LogP contribution in [0.5, 0.6) is 0 Å². The van der Waals surface area contributed by atoms with Crippen molar-refractivity contribution in [2.24, 2.45) is 5.73 Å². The van der Waals surface area contributed by atoms with E-state index in [2.05, 4.69) is 46.8 Å². The molecule has 2 N–H and O–H groups in total. The van der Waals surface area contributed by atoms with Gasteiger partial charge in [0.05, 0.1) is 0 Å². The first kappa shape index (κ1) is 11.3. The van der Waals surface area contributed by atoms with Gasteiger partial charge in [-0.1, -0.05) is 26.0 Å². The average Bonchev–Trinajstić information content (AvgIpc) is 2.14. The molecule has 0 bridgehead atoms. The van der Waals surface area contributed by atoms with Gasteiger partial charge in [0.15, 0.2) is 0 Å². The van der Waals surface area contributed by atoms with Crippen LogP contribution in [0.2, 0.25) is 0 Å². The summed E-state index contributed by atoms with van der Waals surface area (Å²) in [4.78, 5) is 0. The minimum atomic E-state index is 0.0859. The largest absolute Gasteiger partial charge is 0.330 e. The van der Waals surface area contributed by atoms with Crippen molar-refractivity contribution in [2.75, 3.05) is 6.54 Å². The number of aryl methyl sites for hydroxylation is 1. The maximum absolute atomic E-state index is 5.80. The number of hydrogen-bond donors (Lipinski definition) is 1. The number of nitrogens with two attached hydrogens (primary N) is 1. The second kappa shape index (κ2) is 3.74. The van der Waals surface area contributed by atoms with Gasteiger partial charge >= 0.3 is 0 Å². The molecule has 0 heterocycles. The maximum atomic E-state index is 5.80. The molecule has 0 aliphatic heterocycles. The highest BCUT2D eigenvalue weighted by atomic mass is 14.6. The van der Waals surface area contributed by atoms with E-state index in [0.29, 0.717) is 6.54 Å². The SMILES string of the molecule is Cc1ccc(C(C)(C)CN)c(C)c1C. The van der Waals surface area contributed by atoms with E-state index >= 15 is 0 Å². The van der Waals surface area contributed by atoms with Crippen molar-refractivity contribution in [3.63, 3.8) is 0 Å². The van der Waals surface area contributed by atoms with Crippen LogP contribution < -0.4 is 5.73 Å². The normalized spacial score (nSPS) is 11.9. The molecular formula is C13H21N. The van der Waals surface area contributed by atoms with Crippen LogP contribution in [0.15, 0.2) is 12.1 Å². The zero-order valence-corrected chi connectivity index (χ0v) is 9.94. The van der Waals surface area contributed by atoms with Crippen LogP contribution in [0, 0.1) is 20.8 Å². The van der Waals surface area contributed by atoms with Crippen molar-refractivity contribution in [1.29, 1.82) is 0 Å². The molecule has 1 nitrogen and oxygen atoms in total. The Bertz CT molecular complexity index is 337. The van der Waals surface area contributed by atoms with E-state index in [-0.39, 0.29) is 5.41 Å². The lowest BCUT2D eigenvalue weighted by Crippen LogP contribution is -2.29. The van der Waals surface area contributed by atoms with E-state index in [1.807, 2.05) is 0 Å². The Morgan fingerprint density at radius 1 is 1.07 bits per heavy atom. The van der Waals surface area contributed by atoms with Gasteiger partial charge in [-0.25, -0.2) is 0 Å². The fourth-order valence-electron chi connectivity index (χ4n) is 1.80. The molecule has 0 amide bonds. The van der Waals surface area contributed by atoms with E-state index in [9.17, 15) is 0 Å². The molecule has 0 saturated heterocycles. The second-order valence-corrected chi connectivity index (χ2v) is 4.77. The summed E-state index contributed by atoms with van der Waals surface area (Å²) >= 11 is 0. The Balaban J connectivity index is 3.31. The van der Waals surface area contributed by atoms with E-state index in [1.165, 1.54) is 22.3 Å². The van der Waals surface area contributed by atoms with Gasteiger partial charge in [-0.3, -0.25) is 0 Å². The molecule has 0 unspecified atom stereocenters. The molecule has 1 aromatic carbocycles. The zero-order valence-electron chi connectivity index (χ0n) is 9.94. The quantitative estimate of drug-likeness (QED) is 0.764. The molecule has 0 fully saturated rings. The molecule has 0 aliphatic carbocycles. The van der Waals surface area contributed by atoms with E-state index in [1.54, 1.807) is 0 Å². The fraction of sp³-hybridized carbons (Fsp3) is 0.538. The van der Waals surface area contributed by atoms with E-state index in [0.717, 1.165) is 0 Å². The van der Waals surface area contributed by atoms with Gasteiger partial charge in [0.25, 0.3) is 0 Å². The Kier molecular flexibility index (Phi) is 3.01. The van der Waals surface area contributed by atoms with Crippen LogP contribution in [0.25, 0.3) is 0 Å². The summed E-state index contributed by atoms with van der Waals surface area (Å²) in [6.07, 6.45) is 0. The first-order valence-electron chi connectivity index (χ1n) is 5.17. The lowest BCUT2D eigenvalue weighted by atomic mass is 9.80. The third-order valence-electron chi connectivity index (χ3n) is 3.30. The summed E-state index contributed by atoms with van der Waals surface area (Å²) in [7, 11) is 0. The van der Waals surface area contributed by atoms with E-state index in [4.69, 9.17) is 5.73 Å². The van der Waals surface area contributed by atoms with Crippen molar-refractivity contribution in [1.82, 2.24) is 0 Å². The van der Waals surface area contributed by atoms with Crippen molar-refractivity contribution < 1.29 is 0 Å². The molecule has 0 atom stereocenters. The van der Waals surface area contributed by atoms with Crippen molar-refractivity contribution in [3.05, 3.63) is 34.4 Å². The monoisotopic (exact) mass is 191 g/mol. The smallest absolute Gasteiger partial charge is 0.00217 e. The summed E-state index contributed by atoms with van der Waals surface area (Å²) in [5, 5.41) is 0. The van der Waals surface area contributed by atoms with Gasteiger partial charge < -0.3 is 5.73 Å². The molecule has 0 spiro atoms. The molecule has 0 saturated carbocycles. The van der Waals surface area contributed by atoms with Crippen LogP contribution >= 0.6 is 0 Å². The molecule has 0 aliphatic rings. The Morgan fingerprint density at radius 3 is 2.14 bits per heavy atom. The first-order valence-corrected chi connectivity index (χ1v) is 5.17. The lowest BCUT2D eigenvalue weighted by Gasteiger charge is -2.26. The van der Waals surface area contributed by atoms with Crippen LogP contribution in [-0.2, 0) is 5.41 Å². The summed E-state index contributed by atoms with van der Waals surface area (Å²) in [5.41, 5.74) is 11.4. The topological polar surface area (TPSA) is 26.0 Å². The summed E-state index contributed by atoms with van der Waals surface area (Å²) in [6.45, 7) is 11.6. The Labute approximate surface area is 87.3 Å². The van der Waals surface area contributed by atoms with Gasteiger partial charge in [0.2, 0.25) is 0 Å². The molecule has 1 heteroatoms. The van der Waals surface area contributed by atoms with Gasteiger partial charge in [0.1, 0.15) is 0 Å². The highest BCUT2D eigenvalue weighted by Crippen LogP contribution is 2.28. The van der Waals surface area contributed by atoms with Gasteiger partial charge in [-0.05, 0) is 43.0 Å². The predicted molar refractivity (Wildman–Crippen MR) is 62.7 cm³/mol. The molecule has 78 valence electrons.